The van der Waals surface area contributed by atoms with Crippen molar-refractivity contribution in [3.8, 4) is 5.75 Å². The third-order valence-electron chi connectivity index (χ3n) is 2.40. The van der Waals surface area contributed by atoms with Gasteiger partial charge in [-0.2, -0.15) is 0 Å². The Hall–Kier alpha value is -0.980. The van der Waals surface area contributed by atoms with Crippen LogP contribution in [-0.4, -0.2) is 57.1 Å². The van der Waals surface area contributed by atoms with Gasteiger partial charge in [-0.1, -0.05) is 12.1 Å². The summed E-state index contributed by atoms with van der Waals surface area (Å²) in [5, 5.41) is 0. The lowest BCUT2D eigenvalue weighted by Crippen LogP contribution is -2.35. The maximum Gasteiger partial charge on any atom is 0.195 e. The van der Waals surface area contributed by atoms with Crippen molar-refractivity contribution in [1.82, 2.24) is 9.80 Å². The van der Waals surface area contributed by atoms with Crippen LogP contribution in [0.3, 0.4) is 0 Å². The lowest BCUT2D eigenvalue weighted by atomic mass is 10.2. The Balaban J connectivity index is 0.00000324. The van der Waals surface area contributed by atoms with Gasteiger partial charge in [0.05, 0.1) is 6.54 Å². The Kier molecular flexibility index (Phi) is 8.54. The predicted molar refractivity (Wildman–Crippen MR) is 91.8 cm³/mol. The van der Waals surface area contributed by atoms with Crippen molar-refractivity contribution in [2.75, 3.05) is 41.3 Å². The van der Waals surface area contributed by atoms with Crippen molar-refractivity contribution in [2.24, 2.45) is 4.99 Å². The number of hydrogen-bond donors (Lipinski definition) is 0. The largest absolute Gasteiger partial charge is 0.492 e. The molecular weight excluding hydrogens is 353 g/mol. The molecule has 0 aliphatic carbocycles. The minimum Gasteiger partial charge on any atom is -0.492 e. The van der Waals surface area contributed by atoms with E-state index in [-0.39, 0.29) is 24.0 Å². The van der Waals surface area contributed by atoms with Crippen LogP contribution >= 0.6 is 24.0 Å². The van der Waals surface area contributed by atoms with Gasteiger partial charge in [0.1, 0.15) is 12.4 Å². The van der Waals surface area contributed by atoms with Crippen LogP contribution in [0.15, 0.2) is 29.3 Å². The summed E-state index contributed by atoms with van der Waals surface area (Å²) >= 11 is 0. The average molecular weight is 377 g/mol. The molecule has 0 saturated heterocycles. The van der Waals surface area contributed by atoms with Crippen LogP contribution in [0.1, 0.15) is 5.56 Å². The Morgan fingerprint density at radius 3 is 2.32 bits per heavy atom. The number of guanidine groups is 1. The smallest absolute Gasteiger partial charge is 0.195 e. The molecule has 0 saturated carbocycles. The second-order valence-corrected chi connectivity index (χ2v) is 4.64. The number of benzene rings is 1. The fourth-order valence-corrected chi connectivity index (χ4v) is 1.70. The molecule has 1 rings (SSSR count). The first-order chi connectivity index (χ1) is 8.50. The zero-order valence-corrected chi connectivity index (χ0v) is 14.7. The van der Waals surface area contributed by atoms with E-state index >= 15 is 0 Å². The Morgan fingerprint density at radius 2 is 1.79 bits per heavy atom. The minimum atomic E-state index is 0. The van der Waals surface area contributed by atoms with E-state index < -0.39 is 0 Å². The molecular formula is C14H24IN3O. The Labute approximate surface area is 133 Å². The summed E-state index contributed by atoms with van der Waals surface area (Å²) in [6.45, 7) is 3.30. The highest BCUT2D eigenvalue weighted by Gasteiger charge is 2.03. The SMILES string of the molecule is Cc1cccc(OCCN=C(N(C)C)N(C)C)c1.I. The van der Waals surface area contributed by atoms with Crippen molar-refractivity contribution < 1.29 is 4.74 Å². The number of aryl methyl sites for hydroxylation is 1. The molecule has 1 aromatic rings. The third-order valence-corrected chi connectivity index (χ3v) is 2.40. The van der Waals surface area contributed by atoms with Gasteiger partial charge in [-0.3, -0.25) is 0 Å². The lowest BCUT2D eigenvalue weighted by Gasteiger charge is -2.22. The van der Waals surface area contributed by atoms with Crippen molar-refractivity contribution in [3.63, 3.8) is 0 Å². The van der Waals surface area contributed by atoms with Crippen LogP contribution in [0.4, 0.5) is 0 Å². The van der Waals surface area contributed by atoms with E-state index in [1.165, 1.54) is 5.56 Å². The first-order valence-electron chi connectivity index (χ1n) is 6.09. The fourth-order valence-electron chi connectivity index (χ4n) is 1.70. The van der Waals surface area contributed by atoms with Gasteiger partial charge in [0, 0.05) is 28.2 Å². The van der Waals surface area contributed by atoms with Gasteiger partial charge >= 0.3 is 0 Å². The topological polar surface area (TPSA) is 28.1 Å². The van der Waals surface area contributed by atoms with Crippen LogP contribution < -0.4 is 4.74 Å². The fraction of sp³-hybridized carbons (Fsp3) is 0.500. The molecule has 0 unspecified atom stereocenters. The number of ether oxygens (including phenoxy) is 1. The third kappa shape index (κ3) is 6.66. The lowest BCUT2D eigenvalue weighted by molar-refractivity contribution is 0.326. The monoisotopic (exact) mass is 377 g/mol. The van der Waals surface area contributed by atoms with Crippen LogP contribution in [0, 0.1) is 6.92 Å². The molecule has 0 aliphatic rings. The molecule has 0 heterocycles. The van der Waals surface area contributed by atoms with Crippen molar-refractivity contribution in [1.29, 1.82) is 0 Å². The normalized spacial score (nSPS) is 9.32. The number of hydrogen-bond acceptors (Lipinski definition) is 2. The van der Waals surface area contributed by atoms with Crippen molar-refractivity contribution in [3.05, 3.63) is 29.8 Å². The summed E-state index contributed by atoms with van der Waals surface area (Å²) < 4.78 is 5.65. The van der Waals surface area contributed by atoms with E-state index in [0.717, 1.165) is 11.7 Å². The molecule has 0 bridgehead atoms. The highest BCUT2D eigenvalue weighted by Crippen LogP contribution is 2.11. The van der Waals surface area contributed by atoms with E-state index in [1.807, 2.05) is 56.2 Å². The molecule has 0 atom stereocenters. The van der Waals surface area contributed by atoms with Crippen LogP contribution in [0.5, 0.6) is 5.75 Å². The molecule has 4 nitrogen and oxygen atoms in total. The van der Waals surface area contributed by atoms with E-state index in [1.54, 1.807) is 0 Å². The molecule has 0 spiro atoms. The van der Waals surface area contributed by atoms with Gasteiger partial charge in [0.2, 0.25) is 0 Å². The number of rotatable bonds is 4. The van der Waals surface area contributed by atoms with Crippen molar-refractivity contribution >= 4 is 29.9 Å². The van der Waals surface area contributed by atoms with Gasteiger partial charge in [-0.15, -0.1) is 24.0 Å². The predicted octanol–water partition coefficient (Wildman–Crippen LogP) is 2.47. The molecule has 0 amide bonds. The molecule has 5 heteroatoms. The maximum absolute atomic E-state index is 5.65. The number of halogens is 1. The van der Waals surface area contributed by atoms with Gasteiger partial charge < -0.3 is 14.5 Å². The minimum absolute atomic E-state index is 0. The molecule has 1 aromatic carbocycles. The van der Waals surface area contributed by atoms with Gasteiger partial charge in [0.25, 0.3) is 0 Å². The van der Waals surface area contributed by atoms with E-state index in [9.17, 15) is 0 Å². The highest BCUT2D eigenvalue weighted by molar-refractivity contribution is 14.0. The first kappa shape index (κ1) is 18.0. The van der Waals surface area contributed by atoms with Crippen molar-refractivity contribution in [2.45, 2.75) is 6.92 Å². The summed E-state index contributed by atoms with van der Waals surface area (Å²) in [6.07, 6.45) is 0. The van der Waals surface area contributed by atoms with E-state index in [4.69, 9.17) is 4.74 Å². The highest BCUT2D eigenvalue weighted by atomic mass is 127. The molecule has 0 aliphatic heterocycles. The summed E-state index contributed by atoms with van der Waals surface area (Å²) in [4.78, 5) is 8.49. The Morgan fingerprint density at radius 1 is 1.16 bits per heavy atom. The summed E-state index contributed by atoms with van der Waals surface area (Å²) in [6, 6.07) is 8.05. The van der Waals surface area contributed by atoms with Gasteiger partial charge in [-0.25, -0.2) is 4.99 Å². The molecule has 19 heavy (non-hydrogen) atoms. The average Bonchev–Trinajstić information content (AvgIpc) is 2.27. The van der Waals surface area contributed by atoms with Gasteiger partial charge in [0.15, 0.2) is 5.96 Å². The zero-order chi connectivity index (χ0) is 13.5. The molecule has 108 valence electrons. The van der Waals surface area contributed by atoms with Crippen LogP contribution in [-0.2, 0) is 0 Å². The number of nitrogens with zero attached hydrogens (tertiary/aromatic N) is 3. The molecule has 0 fully saturated rings. The standard InChI is InChI=1S/C14H23N3O.HI/c1-12-7-6-8-13(11-12)18-10-9-15-14(16(2)3)17(4)5;/h6-8,11H,9-10H2,1-5H3;1H. The first-order valence-corrected chi connectivity index (χ1v) is 6.09. The number of aliphatic imine (C=N–C) groups is 1. The van der Waals surface area contributed by atoms with E-state index in [0.29, 0.717) is 13.2 Å². The summed E-state index contributed by atoms with van der Waals surface area (Å²) in [5.74, 6) is 1.85. The van der Waals surface area contributed by atoms with Gasteiger partial charge in [-0.05, 0) is 24.6 Å². The second-order valence-electron chi connectivity index (χ2n) is 4.64. The van der Waals surface area contributed by atoms with Crippen LogP contribution in [0.25, 0.3) is 0 Å². The summed E-state index contributed by atoms with van der Waals surface area (Å²) in [5.41, 5.74) is 1.21. The molecule has 0 N–H and O–H groups in total. The maximum atomic E-state index is 5.65. The quantitative estimate of drug-likeness (QED) is 0.349. The van der Waals surface area contributed by atoms with Crippen LogP contribution in [0.2, 0.25) is 0 Å². The second kappa shape index (κ2) is 9.01. The van der Waals surface area contributed by atoms with E-state index in [2.05, 4.69) is 18.0 Å². The zero-order valence-electron chi connectivity index (χ0n) is 12.4. The molecule has 0 radical (unpaired) electrons. The summed E-state index contributed by atoms with van der Waals surface area (Å²) in [7, 11) is 7.95. The Bertz CT molecular complexity index is 395. The molecule has 0 aromatic heterocycles.